The molecule has 0 aliphatic rings. The lowest BCUT2D eigenvalue weighted by Gasteiger charge is -2.15. The maximum atomic E-state index is 12.3. The van der Waals surface area contributed by atoms with Crippen LogP contribution in [0.4, 0.5) is 27.9 Å². The first kappa shape index (κ1) is 23.4. The number of methoxy groups -OCH3 is 3. The van der Waals surface area contributed by atoms with Gasteiger partial charge >= 0.3 is 6.03 Å². The molecular formula is C22H27N7O4. The molecule has 0 atom stereocenters. The first-order chi connectivity index (χ1) is 16.0. The third kappa shape index (κ3) is 6.60. The normalized spacial score (nSPS) is 10.2. The Balaban J connectivity index is 1.51. The topological polar surface area (TPSA) is 132 Å². The average Bonchev–Trinajstić information content (AvgIpc) is 2.81. The third-order valence-electron chi connectivity index (χ3n) is 4.40. The Kier molecular flexibility index (Phi) is 8.06. The molecule has 3 rings (SSSR count). The summed E-state index contributed by atoms with van der Waals surface area (Å²) in [6.45, 7) is 2.63. The van der Waals surface area contributed by atoms with E-state index in [1.165, 1.54) is 21.3 Å². The summed E-state index contributed by atoms with van der Waals surface area (Å²) in [7, 11) is 4.54. The van der Waals surface area contributed by atoms with Crippen LogP contribution in [-0.4, -0.2) is 55.4 Å². The van der Waals surface area contributed by atoms with Crippen LogP contribution in [0.15, 0.2) is 42.6 Å². The van der Waals surface area contributed by atoms with Crippen LogP contribution in [0.25, 0.3) is 0 Å². The van der Waals surface area contributed by atoms with E-state index in [0.717, 1.165) is 0 Å². The van der Waals surface area contributed by atoms with E-state index in [4.69, 9.17) is 14.2 Å². The van der Waals surface area contributed by atoms with Crippen molar-refractivity contribution >= 4 is 29.2 Å². The SMILES string of the molecule is COc1cc(NC(=O)NCCNc2cc(Nc3ccccn3)nc(C)n2)cc(OC)c1OC. The predicted octanol–water partition coefficient (Wildman–Crippen LogP) is 3.18. The van der Waals surface area contributed by atoms with E-state index in [2.05, 4.69) is 36.2 Å². The molecule has 2 aromatic heterocycles. The molecule has 0 unspecified atom stereocenters. The van der Waals surface area contributed by atoms with Gasteiger partial charge in [0.1, 0.15) is 23.3 Å². The lowest BCUT2D eigenvalue weighted by atomic mass is 10.2. The van der Waals surface area contributed by atoms with Crippen LogP contribution >= 0.6 is 0 Å². The highest BCUT2D eigenvalue weighted by atomic mass is 16.5. The van der Waals surface area contributed by atoms with Crippen LogP contribution in [0.5, 0.6) is 17.2 Å². The fraction of sp³-hybridized carbons (Fsp3) is 0.273. The zero-order chi connectivity index (χ0) is 23.6. The Hall–Kier alpha value is -4.28. The molecule has 33 heavy (non-hydrogen) atoms. The van der Waals surface area contributed by atoms with Crippen LogP contribution in [0.3, 0.4) is 0 Å². The number of ether oxygens (including phenoxy) is 3. The van der Waals surface area contributed by atoms with Crippen molar-refractivity contribution in [2.75, 3.05) is 50.4 Å². The summed E-state index contributed by atoms with van der Waals surface area (Å²) in [4.78, 5) is 25.2. The number of benzene rings is 1. The summed E-state index contributed by atoms with van der Waals surface area (Å²) in [5.74, 6) is 3.89. The average molecular weight is 454 g/mol. The van der Waals surface area contributed by atoms with Crippen LogP contribution in [-0.2, 0) is 0 Å². The molecule has 0 saturated carbocycles. The second kappa shape index (κ2) is 11.4. The van der Waals surface area contributed by atoms with Gasteiger partial charge in [0.25, 0.3) is 0 Å². The van der Waals surface area contributed by atoms with Gasteiger partial charge in [-0.1, -0.05) is 6.07 Å². The van der Waals surface area contributed by atoms with E-state index in [1.807, 2.05) is 18.2 Å². The number of carbonyl (C=O) groups excluding carboxylic acids is 1. The largest absolute Gasteiger partial charge is 0.493 e. The second-order valence-corrected chi connectivity index (χ2v) is 6.75. The Morgan fingerprint density at radius 1 is 0.909 bits per heavy atom. The summed E-state index contributed by atoms with van der Waals surface area (Å²) >= 11 is 0. The number of hydrogen-bond acceptors (Lipinski definition) is 9. The molecule has 3 aromatic rings. The van der Waals surface area contributed by atoms with Crippen molar-refractivity contribution in [1.82, 2.24) is 20.3 Å². The number of nitrogens with one attached hydrogen (secondary N) is 4. The number of urea groups is 1. The van der Waals surface area contributed by atoms with Crippen molar-refractivity contribution in [1.29, 1.82) is 0 Å². The number of hydrogen-bond donors (Lipinski definition) is 4. The van der Waals surface area contributed by atoms with Gasteiger partial charge < -0.3 is 35.5 Å². The minimum atomic E-state index is -0.373. The summed E-state index contributed by atoms with van der Waals surface area (Å²) in [6, 6.07) is 10.3. The van der Waals surface area contributed by atoms with Gasteiger partial charge in [0.2, 0.25) is 5.75 Å². The quantitative estimate of drug-likeness (QED) is 0.342. The maximum absolute atomic E-state index is 12.3. The van der Waals surface area contributed by atoms with Crippen LogP contribution < -0.4 is 35.5 Å². The van der Waals surface area contributed by atoms with Crippen LogP contribution in [0, 0.1) is 6.92 Å². The molecule has 1 aromatic carbocycles. The van der Waals surface area contributed by atoms with Gasteiger partial charge in [-0.25, -0.2) is 19.7 Å². The molecule has 2 amide bonds. The maximum Gasteiger partial charge on any atom is 0.319 e. The molecule has 0 aliphatic heterocycles. The number of pyridine rings is 1. The van der Waals surface area contributed by atoms with Crippen molar-refractivity contribution in [2.24, 2.45) is 0 Å². The molecule has 0 spiro atoms. The van der Waals surface area contributed by atoms with Crippen molar-refractivity contribution in [2.45, 2.75) is 6.92 Å². The molecule has 0 radical (unpaired) electrons. The smallest absolute Gasteiger partial charge is 0.319 e. The minimum Gasteiger partial charge on any atom is -0.493 e. The predicted molar refractivity (Wildman–Crippen MR) is 126 cm³/mol. The van der Waals surface area contributed by atoms with Gasteiger partial charge in [0.15, 0.2) is 11.5 Å². The molecule has 0 aliphatic carbocycles. The van der Waals surface area contributed by atoms with Crippen molar-refractivity contribution in [3.63, 3.8) is 0 Å². The fourth-order valence-electron chi connectivity index (χ4n) is 2.99. The Bertz CT molecular complexity index is 1050. The number of rotatable bonds is 10. The molecule has 2 heterocycles. The number of aryl methyl sites for hydroxylation is 1. The molecular weight excluding hydrogens is 426 g/mol. The molecule has 0 saturated heterocycles. The first-order valence-electron chi connectivity index (χ1n) is 10.1. The highest BCUT2D eigenvalue weighted by molar-refractivity contribution is 5.90. The molecule has 4 N–H and O–H groups in total. The van der Waals surface area contributed by atoms with Crippen molar-refractivity contribution in [3.8, 4) is 17.2 Å². The van der Waals surface area contributed by atoms with Gasteiger partial charge in [-0.2, -0.15) is 0 Å². The summed E-state index contributed by atoms with van der Waals surface area (Å²) < 4.78 is 15.9. The van der Waals surface area contributed by atoms with E-state index in [-0.39, 0.29) is 6.03 Å². The number of anilines is 4. The first-order valence-corrected chi connectivity index (χ1v) is 10.1. The molecule has 0 fully saturated rings. The number of nitrogens with zero attached hydrogens (tertiary/aromatic N) is 3. The van der Waals surface area contributed by atoms with E-state index >= 15 is 0 Å². The molecule has 11 nitrogen and oxygen atoms in total. The van der Waals surface area contributed by atoms with Crippen molar-refractivity contribution in [3.05, 3.63) is 48.4 Å². The zero-order valence-electron chi connectivity index (χ0n) is 18.9. The zero-order valence-corrected chi connectivity index (χ0v) is 18.9. The lowest BCUT2D eigenvalue weighted by Crippen LogP contribution is -2.32. The van der Waals surface area contributed by atoms with Gasteiger partial charge in [0, 0.05) is 37.5 Å². The second-order valence-electron chi connectivity index (χ2n) is 6.75. The van der Waals surface area contributed by atoms with Crippen LogP contribution in [0.2, 0.25) is 0 Å². The minimum absolute atomic E-state index is 0.363. The van der Waals surface area contributed by atoms with E-state index in [9.17, 15) is 4.79 Å². The van der Waals surface area contributed by atoms with E-state index < -0.39 is 0 Å². The van der Waals surface area contributed by atoms with Gasteiger partial charge in [0.05, 0.1) is 27.0 Å². The van der Waals surface area contributed by atoms with E-state index in [0.29, 0.717) is 59.3 Å². The Morgan fingerprint density at radius 2 is 1.64 bits per heavy atom. The summed E-state index contributed by atoms with van der Waals surface area (Å²) in [5, 5.41) is 11.8. The van der Waals surface area contributed by atoms with Crippen LogP contribution in [0.1, 0.15) is 5.82 Å². The van der Waals surface area contributed by atoms with Gasteiger partial charge in [-0.15, -0.1) is 0 Å². The number of aromatic nitrogens is 3. The summed E-state index contributed by atoms with van der Waals surface area (Å²) in [5.41, 5.74) is 0.506. The standard InChI is InChI=1S/C22H27N7O4/c1-14-26-19(13-20(27-14)29-18-7-5-6-8-23-18)24-9-10-25-22(30)28-15-11-16(31-2)21(33-4)17(12-15)32-3/h5-8,11-13H,9-10H2,1-4H3,(H2,25,28,30)(H2,23,24,26,27,29). The lowest BCUT2D eigenvalue weighted by molar-refractivity contribution is 0.252. The fourth-order valence-corrected chi connectivity index (χ4v) is 2.99. The highest BCUT2D eigenvalue weighted by Crippen LogP contribution is 2.39. The Morgan fingerprint density at radius 3 is 2.27 bits per heavy atom. The molecule has 11 heteroatoms. The third-order valence-corrected chi connectivity index (χ3v) is 4.40. The summed E-state index contributed by atoms with van der Waals surface area (Å²) in [6.07, 6.45) is 1.70. The number of carbonyl (C=O) groups is 1. The highest BCUT2D eigenvalue weighted by Gasteiger charge is 2.14. The number of amides is 2. The van der Waals surface area contributed by atoms with Crippen molar-refractivity contribution < 1.29 is 19.0 Å². The Labute approximate surface area is 191 Å². The van der Waals surface area contributed by atoms with Gasteiger partial charge in [-0.05, 0) is 19.1 Å². The molecule has 0 bridgehead atoms. The monoisotopic (exact) mass is 453 g/mol. The van der Waals surface area contributed by atoms with E-state index in [1.54, 1.807) is 31.3 Å². The molecule has 174 valence electrons. The van der Waals surface area contributed by atoms with Gasteiger partial charge in [-0.3, -0.25) is 0 Å².